The Labute approximate surface area is 122 Å². The molecule has 0 radical (unpaired) electrons. The molecule has 0 aromatic carbocycles. The molecule has 0 rings (SSSR count). The van der Waals surface area contributed by atoms with Crippen molar-refractivity contribution in [2.45, 2.75) is 0 Å². The zero-order valence-corrected chi connectivity index (χ0v) is 11.8. The van der Waals surface area contributed by atoms with E-state index in [-0.39, 0.29) is 59.8 Å². The quantitative estimate of drug-likeness (QED) is 0.383. The van der Waals surface area contributed by atoms with Gasteiger partial charge >= 0.3 is 59.8 Å². The Balaban J connectivity index is -0.0000000270. The van der Waals surface area contributed by atoms with Crippen LogP contribution in [-0.4, -0.2) is 78.3 Å². The first kappa shape index (κ1) is 29.2. The summed E-state index contributed by atoms with van der Waals surface area (Å²) < 4.78 is 0. The maximum absolute atomic E-state index is 8.33. The largest absolute Gasteiger partial charge is 4.00 e. The Morgan fingerprint density at radius 2 is 0.571 bits per heavy atom. The first-order chi connectivity index (χ1) is 5.20. The van der Waals surface area contributed by atoms with Gasteiger partial charge in [0.25, 0.3) is 0 Å². The van der Waals surface area contributed by atoms with E-state index in [1.165, 1.54) is 0 Å². The minimum Gasteiger partial charge on any atom is -0.652 e. The molecule has 72 valence electrons. The molecular formula is C3BaO9Si. The normalized spacial score (nSPS) is 5.14. The fourth-order valence-corrected chi connectivity index (χ4v) is 0. The Morgan fingerprint density at radius 1 is 0.571 bits per heavy atom. The smallest absolute Gasteiger partial charge is 0.652 e. The molecular weight excluding hydrogens is 345 g/mol. The SMILES string of the molecule is O=C([O-])[O-].O=C([O-])[O-].O=C([O-])[O-].[Ba+2].[Si+4]. The molecule has 9 nitrogen and oxygen atoms in total. The van der Waals surface area contributed by atoms with Crippen molar-refractivity contribution in [2.24, 2.45) is 0 Å². The van der Waals surface area contributed by atoms with Gasteiger partial charge in [-0.1, -0.05) is 0 Å². The third kappa shape index (κ3) is 8070. The van der Waals surface area contributed by atoms with Gasteiger partial charge in [-0.25, -0.2) is 0 Å². The third-order valence-corrected chi connectivity index (χ3v) is 0. The summed E-state index contributed by atoms with van der Waals surface area (Å²) in [5.41, 5.74) is 0. The Bertz CT molecular complexity index is 118. The second kappa shape index (κ2) is 22.9. The van der Waals surface area contributed by atoms with Crippen molar-refractivity contribution in [3.63, 3.8) is 0 Å². The minimum atomic E-state index is -2.33. The molecule has 0 saturated heterocycles. The number of rotatable bonds is 0. The minimum absolute atomic E-state index is 0. The van der Waals surface area contributed by atoms with Crippen LogP contribution in [0.25, 0.3) is 0 Å². The van der Waals surface area contributed by atoms with Crippen LogP contribution in [0.3, 0.4) is 0 Å². The van der Waals surface area contributed by atoms with Gasteiger partial charge in [-0.3, -0.25) is 0 Å². The van der Waals surface area contributed by atoms with Crippen molar-refractivity contribution in [2.75, 3.05) is 0 Å². The van der Waals surface area contributed by atoms with Gasteiger partial charge in [0.2, 0.25) is 0 Å². The molecule has 14 heavy (non-hydrogen) atoms. The van der Waals surface area contributed by atoms with E-state index in [0.29, 0.717) is 0 Å². The molecule has 0 fully saturated rings. The molecule has 0 saturated carbocycles. The molecule has 0 heterocycles. The monoisotopic (exact) mass is 346 g/mol. The van der Waals surface area contributed by atoms with Gasteiger partial charge in [-0.05, 0) is 18.5 Å². The van der Waals surface area contributed by atoms with Gasteiger partial charge in [-0.15, -0.1) is 0 Å². The second-order valence-electron chi connectivity index (χ2n) is 0.750. The number of carbonyl (C=O) groups excluding carboxylic acids is 3. The molecule has 11 heteroatoms. The second-order valence-corrected chi connectivity index (χ2v) is 0.750. The molecule has 0 bridgehead atoms. The molecule has 0 amide bonds. The average molecular weight is 345 g/mol. The molecule has 0 aromatic heterocycles. The van der Waals surface area contributed by atoms with E-state index in [1.807, 2.05) is 0 Å². The van der Waals surface area contributed by atoms with E-state index in [2.05, 4.69) is 0 Å². The molecule has 0 aromatic rings. The van der Waals surface area contributed by atoms with Crippen LogP contribution >= 0.6 is 0 Å². The van der Waals surface area contributed by atoms with Crippen LogP contribution in [0.2, 0.25) is 0 Å². The Kier molecular flexibility index (Phi) is 47.8. The van der Waals surface area contributed by atoms with Crippen molar-refractivity contribution in [1.29, 1.82) is 0 Å². The maximum atomic E-state index is 8.33. The molecule has 0 aliphatic rings. The van der Waals surface area contributed by atoms with Crippen LogP contribution in [0.1, 0.15) is 0 Å². The summed E-state index contributed by atoms with van der Waals surface area (Å²) >= 11 is 0. The van der Waals surface area contributed by atoms with E-state index >= 15 is 0 Å². The first-order valence-electron chi connectivity index (χ1n) is 1.84. The van der Waals surface area contributed by atoms with Crippen LogP contribution < -0.4 is 30.6 Å². The number of carboxylic acid groups (broad SMARTS) is 6. The molecule has 0 aliphatic heterocycles. The number of hydrogen-bond acceptors (Lipinski definition) is 9. The zero-order valence-electron chi connectivity index (χ0n) is 6.38. The van der Waals surface area contributed by atoms with Crippen molar-refractivity contribution < 1.29 is 45.0 Å². The summed E-state index contributed by atoms with van der Waals surface area (Å²) in [7, 11) is 0. The summed E-state index contributed by atoms with van der Waals surface area (Å²) in [6.45, 7) is 0. The zero-order chi connectivity index (χ0) is 10.7. The van der Waals surface area contributed by atoms with E-state index in [1.54, 1.807) is 0 Å². The summed E-state index contributed by atoms with van der Waals surface area (Å²) in [6, 6.07) is 0. The predicted molar refractivity (Wildman–Crippen MR) is 27.7 cm³/mol. The topological polar surface area (TPSA) is 190 Å². The van der Waals surface area contributed by atoms with Crippen molar-refractivity contribution >= 4 is 78.3 Å². The van der Waals surface area contributed by atoms with E-state index in [0.717, 1.165) is 0 Å². The van der Waals surface area contributed by atoms with Gasteiger partial charge in [-0.2, -0.15) is 0 Å². The fraction of sp³-hybridized carbons (Fsp3) is 0. The predicted octanol–water partition coefficient (Wildman–Crippen LogP) is -8.10. The van der Waals surface area contributed by atoms with Crippen molar-refractivity contribution in [3.8, 4) is 0 Å². The maximum Gasteiger partial charge on any atom is 4.00 e. The Morgan fingerprint density at radius 3 is 0.571 bits per heavy atom. The Hall–Kier alpha value is -0.402. The molecule has 0 unspecified atom stereocenters. The number of hydrogen-bond donors (Lipinski definition) is 0. The standard InChI is InChI=1S/3CH2O3.Ba.Si/c3*2-1(3)4;;/h3*(H2,2,3,4);;/q;;;+2;+4/p-6. The first-order valence-corrected chi connectivity index (χ1v) is 1.84. The molecule has 0 N–H and O–H groups in total. The molecule has 0 spiro atoms. The van der Waals surface area contributed by atoms with Crippen LogP contribution in [0.4, 0.5) is 14.4 Å². The summed E-state index contributed by atoms with van der Waals surface area (Å²) in [5.74, 6) is 0. The molecule has 0 aliphatic carbocycles. The summed E-state index contributed by atoms with van der Waals surface area (Å²) in [6.07, 6.45) is -7.00. The number of carbonyl (C=O) groups is 3. The van der Waals surface area contributed by atoms with Crippen LogP contribution in [0.15, 0.2) is 0 Å². The summed E-state index contributed by atoms with van der Waals surface area (Å²) in [4.78, 5) is 25.0. The van der Waals surface area contributed by atoms with E-state index < -0.39 is 18.5 Å². The fourth-order valence-electron chi connectivity index (χ4n) is 0. The van der Waals surface area contributed by atoms with Gasteiger partial charge in [0, 0.05) is 0 Å². The van der Waals surface area contributed by atoms with Gasteiger partial charge < -0.3 is 45.0 Å². The van der Waals surface area contributed by atoms with Crippen LogP contribution in [0, 0.1) is 0 Å². The third-order valence-electron chi connectivity index (χ3n) is 0. The van der Waals surface area contributed by atoms with Gasteiger partial charge in [0.05, 0.1) is 0 Å². The van der Waals surface area contributed by atoms with Crippen molar-refractivity contribution in [3.05, 3.63) is 0 Å². The molecule has 0 atom stereocenters. The average Bonchev–Trinajstić information content (AvgIpc) is 1.54. The van der Waals surface area contributed by atoms with E-state index in [4.69, 9.17) is 45.0 Å². The van der Waals surface area contributed by atoms with Gasteiger partial charge in [0.15, 0.2) is 0 Å². The van der Waals surface area contributed by atoms with Gasteiger partial charge in [0.1, 0.15) is 0 Å². The van der Waals surface area contributed by atoms with Crippen molar-refractivity contribution in [1.82, 2.24) is 0 Å². The van der Waals surface area contributed by atoms with Crippen LogP contribution in [0.5, 0.6) is 0 Å². The van der Waals surface area contributed by atoms with E-state index in [9.17, 15) is 0 Å². The van der Waals surface area contributed by atoms with Crippen LogP contribution in [-0.2, 0) is 0 Å². The summed E-state index contributed by atoms with van der Waals surface area (Å²) in [5, 5.41) is 50.0.